The van der Waals surface area contributed by atoms with E-state index in [9.17, 15) is 9.59 Å². The standard InChI is InChI=1S/C13H26N2O3/c1-6-7-15(10(4)5)13(18)14-11(12(16)17)8-9(2)3/h9-11H,6-8H2,1-5H3,(H,14,18)(H,16,17)/t11-/m1/s1. The Balaban J connectivity index is 4.60. The molecule has 0 bridgehead atoms. The summed E-state index contributed by atoms with van der Waals surface area (Å²) in [6.45, 7) is 10.4. The Morgan fingerprint density at radius 3 is 2.11 bits per heavy atom. The number of amides is 2. The van der Waals surface area contributed by atoms with Gasteiger partial charge in [-0.05, 0) is 32.6 Å². The quantitative estimate of drug-likeness (QED) is 0.736. The molecule has 5 heteroatoms. The normalized spacial score (nSPS) is 12.6. The lowest BCUT2D eigenvalue weighted by atomic mass is 10.0. The van der Waals surface area contributed by atoms with Crippen molar-refractivity contribution >= 4 is 12.0 Å². The largest absolute Gasteiger partial charge is 0.480 e. The third-order valence-electron chi connectivity index (χ3n) is 2.65. The Kier molecular flexibility index (Phi) is 7.39. The van der Waals surface area contributed by atoms with Crippen LogP contribution in [-0.4, -0.2) is 40.6 Å². The number of carboxylic acid groups (broad SMARTS) is 1. The summed E-state index contributed by atoms with van der Waals surface area (Å²) in [6.07, 6.45) is 1.30. The Bertz CT molecular complexity index is 277. The molecule has 18 heavy (non-hydrogen) atoms. The van der Waals surface area contributed by atoms with Crippen LogP contribution >= 0.6 is 0 Å². The van der Waals surface area contributed by atoms with Gasteiger partial charge in [0, 0.05) is 12.6 Å². The minimum Gasteiger partial charge on any atom is -0.480 e. The van der Waals surface area contributed by atoms with Crippen molar-refractivity contribution in [2.45, 2.75) is 59.5 Å². The van der Waals surface area contributed by atoms with E-state index in [0.717, 1.165) is 6.42 Å². The summed E-state index contributed by atoms with van der Waals surface area (Å²) < 4.78 is 0. The van der Waals surface area contributed by atoms with Gasteiger partial charge in [0.1, 0.15) is 6.04 Å². The number of nitrogens with one attached hydrogen (secondary N) is 1. The average Bonchev–Trinajstić information content (AvgIpc) is 2.23. The van der Waals surface area contributed by atoms with Crippen LogP contribution in [0.1, 0.15) is 47.5 Å². The number of carboxylic acids is 1. The molecule has 5 nitrogen and oxygen atoms in total. The van der Waals surface area contributed by atoms with E-state index in [4.69, 9.17) is 5.11 Å². The number of urea groups is 1. The van der Waals surface area contributed by atoms with Crippen LogP contribution < -0.4 is 5.32 Å². The number of hydrogen-bond donors (Lipinski definition) is 2. The highest BCUT2D eigenvalue weighted by Gasteiger charge is 2.24. The second-order valence-electron chi connectivity index (χ2n) is 5.26. The summed E-state index contributed by atoms with van der Waals surface area (Å²) >= 11 is 0. The van der Waals surface area contributed by atoms with E-state index < -0.39 is 12.0 Å². The molecule has 0 aliphatic heterocycles. The van der Waals surface area contributed by atoms with Crippen LogP contribution in [0.4, 0.5) is 4.79 Å². The summed E-state index contributed by atoms with van der Waals surface area (Å²) in [5.41, 5.74) is 0. The molecule has 0 aliphatic rings. The second kappa shape index (κ2) is 7.95. The summed E-state index contributed by atoms with van der Waals surface area (Å²) in [5.74, 6) is -0.748. The van der Waals surface area contributed by atoms with Gasteiger partial charge in [-0.1, -0.05) is 20.8 Å². The molecule has 0 aromatic carbocycles. The molecule has 0 spiro atoms. The lowest BCUT2D eigenvalue weighted by Crippen LogP contribution is -2.50. The van der Waals surface area contributed by atoms with E-state index in [1.165, 1.54) is 0 Å². The van der Waals surface area contributed by atoms with Gasteiger partial charge in [-0.2, -0.15) is 0 Å². The van der Waals surface area contributed by atoms with Crippen molar-refractivity contribution < 1.29 is 14.7 Å². The molecule has 0 fully saturated rings. The Hall–Kier alpha value is -1.26. The molecular weight excluding hydrogens is 232 g/mol. The lowest BCUT2D eigenvalue weighted by Gasteiger charge is -2.28. The Morgan fingerprint density at radius 1 is 1.22 bits per heavy atom. The highest BCUT2D eigenvalue weighted by molar-refractivity contribution is 5.82. The smallest absolute Gasteiger partial charge is 0.326 e. The number of hydrogen-bond acceptors (Lipinski definition) is 2. The molecule has 0 radical (unpaired) electrons. The van der Waals surface area contributed by atoms with Crippen molar-refractivity contribution in [1.82, 2.24) is 10.2 Å². The zero-order chi connectivity index (χ0) is 14.3. The summed E-state index contributed by atoms with van der Waals surface area (Å²) in [5, 5.41) is 11.7. The average molecular weight is 258 g/mol. The molecule has 0 saturated heterocycles. The van der Waals surface area contributed by atoms with E-state index in [0.29, 0.717) is 13.0 Å². The predicted octanol–water partition coefficient (Wildman–Crippen LogP) is 2.32. The maximum Gasteiger partial charge on any atom is 0.326 e. The molecule has 0 unspecified atom stereocenters. The predicted molar refractivity (Wildman–Crippen MR) is 71.5 cm³/mol. The van der Waals surface area contributed by atoms with Gasteiger partial charge < -0.3 is 15.3 Å². The zero-order valence-corrected chi connectivity index (χ0v) is 12.1. The van der Waals surface area contributed by atoms with E-state index in [-0.39, 0.29) is 18.0 Å². The molecule has 0 heterocycles. The van der Waals surface area contributed by atoms with Gasteiger partial charge in [-0.3, -0.25) is 0 Å². The molecule has 106 valence electrons. The molecule has 0 aromatic rings. The van der Waals surface area contributed by atoms with E-state index in [1.807, 2.05) is 34.6 Å². The molecule has 2 amide bonds. The minimum atomic E-state index is -0.975. The first-order valence-electron chi connectivity index (χ1n) is 6.59. The summed E-state index contributed by atoms with van der Waals surface area (Å²) in [4.78, 5) is 24.8. The SMILES string of the molecule is CCCN(C(=O)N[C@H](CC(C)C)C(=O)O)C(C)C. The van der Waals surface area contributed by atoms with Crippen molar-refractivity contribution in [2.24, 2.45) is 5.92 Å². The molecular formula is C13H26N2O3. The van der Waals surface area contributed by atoms with Gasteiger partial charge in [-0.25, -0.2) is 9.59 Å². The lowest BCUT2D eigenvalue weighted by molar-refractivity contribution is -0.139. The maximum absolute atomic E-state index is 12.0. The summed E-state index contributed by atoms with van der Waals surface area (Å²) in [6, 6.07) is -1.03. The molecule has 1 atom stereocenters. The topological polar surface area (TPSA) is 69.6 Å². The molecule has 0 rings (SSSR count). The molecule has 0 aromatic heterocycles. The van der Waals surface area contributed by atoms with Crippen LogP contribution in [0.2, 0.25) is 0 Å². The third-order valence-corrected chi connectivity index (χ3v) is 2.65. The monoisotopic (exact) mass is 258 g/mol. The van der Waals surface area contributed by atoms with Gasteiger partial charge in [-0.15, -0.1) is 0 Å². The van der Waals surface area contributed by atoms with Crippen molar-refractivity contribution in [3.63, 3.8) is 0 Å². The first-order chi connectivity index (χ1) is 8.29. The van der Waals surface area contributed by atoms with Crippen LogP contribution in [0.15, 0.2) is 0 Å². The van der Waals surface area contributed by atoms with Crippen LogP contribution in [0.3, 0.4) is 0 Å². The van der Waals surface area contributed by atoms with Gasteiger partial charge in [0.25, 0.3) is 0 Å². The maximum atomic E-state index is 12.0. The van der Waals surface area contributed by atoms with Gasteiger partial charge in [0.2, 0.25) is 0 Å². The minimum absolute atomic E-state index is 0.0680. The zero-order valence-electron chi connectivity index (χ0n) is 12.1. The van der Waals surface area contributed by atoms with Crippen molar-refractivity contribution in [1.29, 1.82) is 0 Å². The highest BCUT2D eigenvalue weighted by Crippen LogP contribution is 2.07. The van der Waals surface area contributed by atoms with Crippen LogP contribution in [0.25, 0.3) is 0 Å². The number of aliphatic carboxylic acids is 1. The molecule has 0 aliphatic carbocycles. The number of nitrogens with zero attached hydrogens (tertiary/aromatic N) is 1. The number of rotatable bonds is 7. The third kappa shape index (κ3) is 5.89. The number of carbonyl (C=O) groups excluding carboxylic acids is 1. The van der Waals surface area contributed by atoms with Crippen molar-refractivity contribution in [3.05, 3.63) is 0 Å². The van der Waals surface area contributed by atoms with E-state index in [2.05, 4.69) is 5.32 Å². The van der Waals surface area contributed by atoms with Gasteiger partial charge in [0.05, 0.1) is 0 Å². The van der Waals surface area contributed by atoms with Gasteiger partial charge in [0.15, 0.2) is 0 Å². The fourth-order valence-corrected chi connectivity index (χ4v) is 1.76. The van der Waals surface area contributed by atoms with Crippen LogP contribution in [0, 0.1) is 5.92 Å². The highest BCUT2D eigenvalue weighted by atomic mass is 16.4. The summed E-state index contributed by atoms with van der Waals surface area (Å²) in [7, 11) is 0. The number of carbonyl (C=O) groups is 2. The van der Waals surface area contributed by atoms with E-state index in [1.54, 1.807) is 4.90 Å². The fraction of sp³-hybridized carbons (Fsp3) is 0.846. The second-order valence-corrected chi connectivity index (χ2v) is 5.26. The first-order valence-corrected chi connectivity index (χ1v) is 6.59. The first kappa shape index (κ1) is 16.7. The van der Waals surface area contributed by atoms with E-state index >= 15 is 0 Å². The van der Waals surface area contributed by atoms with Crippen LogP contribution in [0.5, 0.6) is 0 Å². The van der Waals surface area contributed by atoms with Gasteiger partial charge >= 0.3 is 12.0 Å². The Morgan fingerprint density at radius 2 is 1.78 bits per heavy atom. The van der Waals surface area contributed by atoms with Crippen LogP contribution in [-0.2, 0) is 4.79 Å². The van der Waals surface area contributed by atoms with Crippen molar-refractivity contribution in [3.8, 4) is 0 Å². The molecule has 0 saturated carbocycles. The molecule has 2 N–H and O–H groups in total. The fourth-order valence-electron chi connectivity index (χ4n) is 1.76. The Labute approximate surface area is 110 Å². The van der Waals surface area contributed by atoms with Crippen molar-refractivity contribution in [2.75, 3.05) is 6.54 Å².